The number of halogens is 1. The smallest absolute Gasteiger partial charge is 0.224 e. The first-order valence-corrected chi connectivity index (χ1v) is 9.35. The molecule has 0 saturated heterocycles. The van der Waals surface area contributed by atoms with E-state index in [0.29, 0.717) is 17.9 Å². The van der Waals surface area contributed by atoms with Crippen molar-refractivity contribution in [1.82, 2.24) is 19.6 Å². The molecule has 2 aromatic heterocycles. The van der Waals surface area contributed by atoms with Gasteiger partial charge < -0.3 is 5.32 Å². The summed E-state index contributed by atoms with van der Waals surface area (Å²) in [6.45, 7) is 6.11. The van der Waals surface area contributed by atoms with Crippen molar-refractivity contribution in [2.45, 2.75) is 39.5 Å². The molecule has 0 aliphatic carbocycles. The molecular formula is C20H24ClN5O. The summed E-state index contributed by atoms with van der Waals surface area (Å²) in [4.78, 5) is 12.5. The molecule has 0 spiro atoms. The van der Waals surface area contributed by atoms with Crippen LogP contribution in [0.25, 0.3) is 5.69 Å². The van der Waals surface area contributed by atoms with Gasteiger partial charge in [-0.1, -0.05) is 31.5 Å². The second-order valence-corrected chi connectivity index (χ2v) is 7.39. The fraction of sp³-hybridized carbons (Fsp3) is 0.350. The minimum Gasteiger partial charge on any atom is -0.323 e. The van der Waals surface area contributed by atoms with Crippen LogP contribution in [-0.2, 0) is 18.3 Å². The van der Waals surface area contributed by atoms with Gasteiger partial charge in [0.15, 0.2) is 0 Å². The topological polar surface area (TPSA) is 64.7 Å². The van der Waals surface area contributed by atoms with Crippen molar-refractivity contribution in [2.75, 3.05) is 5.32 Å². The molecule has 0 saturated carbocycles. The Morgan fingerprint density at radius 2 is 2.11 bits per heavy atom. The molecule has 0 aliphatic rings. The second kappa shape index (κ2) is 7.96. The molecule has 1 N–H and O–H groups in total. The first kappa shape index (κ1) is 19.2. The van der Waals surface area contributed by atoms with Gasteiger partial charge in [0.2, 0.25) is 5.91 Å². The van der Waals surface area contributed by atoms with E-state index in [2.05, 4.69) is 29.4 Å². The highest BCUT2D eigenvalue weighted by atomic mass is 35.5. The van der Waals surface area contributed by atoms with E-state index in [4.69, 9.17) is 11.6 Å². The van der Waals surface area contributed by atoms with Crippen LogP contribution in [0.4, 0.5) is 5.69 Å². The van der Waals surface area contributed by atoms with E-state index in [1.807, 2.05) is 49.1 Å². The molecule has 6 nitrogen and oxygen atoms in total. The lowest BCUT2D eigenvalue weighted by molar-refractivity contribution is -0.116. The third kappa shape index (κ3) is 4.39. The van der Waals surface area contributed by atoms with E-state index in [-0.39, 0.29) is 11.8 Å². The molecular weight excluding hydrogens is 362 g/mol. The third-order valence-corrected chi connectivity index (χ3v) is 4.65. The molecule has 3 aromatic rings. The molecule has 7 heteroatoms. The van der Waals surface area contributed by atoms with Crippen LogP contribution in [0.5, 0.6) is 0 Å². The number of benzene rings is 1. The summed E-state index contributed by atoms with van der Waals surface area (Å²) < 4.78 is 3.60. The summed E-state index contributed by atoms with van der Waals surface area (Å²) >= 11 is 6.11. The van der Waals surface area contributed by atoms with Crippen molar-refractivity contribution in [3.63, 3.8) is 0 Å². The summed E-state index contributed by atoms with van der Waals surface area (Å²) in [7, 11) is 1.88. The van der Waals surface area contributed by atoms with Crippen LogP contribution < -0.4 is 5.32 Å². The van der Waals surface area contributed by atoms with Gasteiger partial charge >= 0.3 is 0 Å². The predicted octanol–water partition coefficient (Wildman–Crippen LogP) is 4.26. The fourth-order valence-electron chi connectivity index (χ4n) is 3.18. The molecule has 1 amide bonds. The molecule has 1 aromatic carbocycles. The van der Waals surface area contributed by atoms with Gasteiger partial charge in [0.25, 0.3) is 0 Å². The summed E-state index contributed by atoms with van der Waals surface area (Å²) in [6, 6.07) is 7.52. The average molecular weight is 386 g/mol. The normalized spacial score (nSPS) is 11.2. The van der Waals surface area contributed by atoms with E-state index in [0.717, 1.165) is 28.3 Å². The number of aryl methyl sites for hydroxylation is 3. The Bertz CT molecular complexity index is 957. The van der Waals surface area contributed by atoms with Crippen LogP contribution in [0.15, 0.2) is 36.7 Å². The lowest BCUT2D eigenvalue weighted by atomic mass is 10.1. The monoisotopic (exact) mass is 385 g/mol. The molecule has 0 fully saturated rings. The van der Waals surface area contributed by atoms with Gasteiger partial charge in [-0.3, -0.25) is 9.48 Å². The van der Waals surface area contributed by atoms with Crippen molar-refractivity contribution in [3.8, 4) is 5.69 Å². The lowest BCUT2D eigenvalue weighted by Crippen LogP contribution is -2.14. The number of hydrogen-bond donors (Lipinski definition) is 1. The highest BCUT2D eigenvalue weighted by Crippen LogP contribution is 2.28. The first-order valence-electron chi connectivity index (χ1n) is 8.98. The van der Waals surface area contributed by atoms with Crippen LogP contribution in [0.2, 0.25) is 5.02 Å². The van der Waals surface area contributed by atoms with Crippen LogP contribution >= 0.6 is 11.6 Å². The van der Waals surface area contributed by atoms with Crippen molar-refractivity contribution < 1.29 is 4.79 Å². The Kier molecular flexibility index (Phi) is 5.65. The van der Waals surface area contributed by atoms with Gasteiger partial charge in [0.05, 0.1) is 29.0 Å². The predicted molar refractivity (Wildman–Crippen MR) is 108 cm³/mol. The maximum Gasteiger partial charge on any atom is 0.224 e. The summed E-state index contributed by atoms with van der Waals surface area (Å²) in [5.74, 6) is 0.146. The number of nitrogens with one attached hydrogen (secondary N) is 1. The van der Waals surface area contributed by atoms with E-state index in [9.17, 15) is 4.79 Å². The molecule has 2 heterocycles. The first-order chi connectivity index (χ1) is 12.8. The average Bonchev–Trinajstić information content (AvgIpc) is 3.15. The zero-order valence-electron chi connectivity index (χ0n) is 16.0. The summed E-state index contributed by atoms with van der Waals surface area (Å²) in [6.07, 6.45) is 4.71. The van der Waals surface area contributed by atoms with E-state index in [1.54, 1.807) is 10.9 Å². The largest absolute Gasteiger partial charge is 0.323 e. The summed E-state index contributed by atoms with van der Waals surface area (Å²) in [5.41, 5.74) is 4.60. The molecule has 0 radical (unpaired) electrons. The Balaban J connectivity index is 1.76. The highest BCUT2D eigenvalue weighted by Gasteiger charge is 2.18. The molecule has 0 atom stereocenters. The number of aromatic nitrogens is 4. The van der Waals surface area contributed by atoms with Gasteiger partial charge in [-0.15, -0.1) is 0 Å². The van der Waals surface area contributed by atoms with Gasteiger partial charge in [0, 0.05) is 24.7 Å². The molecule has 142 valence electrons. The van der Waals surface area contributed by atoms with Gasteiger partial charge in [-0.25, -0.2) is 4.68 Å². The fourth-order valence-corrected chi connectivity index (χ4v) is 3.36. The number of nitrogens with zero attached hydrogens (tertiary/aromatic N) is 4. The number of amides is 1. The SMILES string of the molecule is Cc1nn(C)cc1CCC(=O)Nc1cnn(-c2cccc(Cl)c2)c1C(C)C. The third-order valence-electron chi connectivity index (χ3n) is 4.42. The number of carbonyl (C=O) groups excluding carboxylic acids is 1. The Hall–Kier alpha value is -2.60. The number of anilines is 1. The van der Waals surface area contributed by atoms with Gasteiger partial charge in [0.1, 0.15) is 0 Å². The molecule has 3 rings (SSSR count). The zero-order chi connectivity index (χ0) is 19.6. The van der Waals surface area contributed by atoms with Crippen molar-refractivity contribution in [3.05, 3.63) is 58.6 Å². The lowest BCUT2D eigenvalue weighted by Gasteiger charge is -2.13. The Morgan fingerprint density at radius 1 is 1.33 bits per heavy atom. The minimum absolute atomic E-state index is 0.0363. The number of carbonyl (C=O) groups is 1. The zero-order valence-corrected chi connectivity index (χ0v) is 16.8. The Labute approximate surface area is 164 Å². The van der Waals surface area contributed by atoms with Crippen LogP contribution in [0.3, 0.4) is 0 Å². The molecule has 0 unspecified atom stereocenters. The van der Waals surface area contributed by atoms with Gasteiger partial charge in [-0.2, -0.15) is 10.2 Å². The van der Waals surface area contributed by atoms with Crippen LogP contribution in [0, 0.1) is 6.92 Å². The number of hydrogen-bond acceptors (Lipinski definition) is 3. The maximum atomic E-state index is 12.5. The van der Waals surface area contributed by atoms with E-state index in [1.165, 1.54) is 0 Å². The van der Waals surface area contributed by atoms with Gasteiger partial charge in [-0.05, 0) is 43.0 Å². The summed E-state index contributed by atoms with van der Waals surface area (Å²) in [5, 5.41) is 12.4. The highest BCUT2D eigenvalue weighted by molar-refractivity contribution is 6.30. The van der Waals surface area contributed by atoms with E-state index < -0.39 is 0 Å². The molecule has 0 aliphatic heterocycles. The second-order valence-electron chi connectivity index (χ2n) is 6.95. The standard InChI is InChI=1S/C20H24ClN5O/c1-13(2)20-18(11-22-26(20)17-7-5-6-16(21)10-17)23-19(27)9-8-15-12-25(4)24-14(15)3/h5-7,10-13H,8-9H2,1-4H3,(H,23,27). The quantitative estimate of drug-likeness (QED) is 0.689. The molecule has 0 bridgehead atoms. The van der Waals surface area contributed by atoms with Crippen molar-refractivity contribution in [1.29, 1.82) is 0 Å². The van der Waals surface area contributed by atoms with E-state index >= 15 is 0 Å². The van der Waals surface area contributed by atoms with Crippen molar-refractivity contribution >= 4 is 23.2 Å². The Morgan fingerprint density at radius 3 is 2.74 bits per heavy atom. The minimum atomic E-state index is -0.0363. The number of rotatable bonds is 6. The maximum absolute atomic E-state index is 12.5. The molecule has 27 heavy (non-hydrogen) atoms. The van der Waals surface area contributed by atoms with Crippen LogP contribution in [0.1, 0.15) is 43.1 Å². The van der Waals surface area contributed by atoms with Crippen LogP contribution in [-0.4, -0.2) is 25.5 Å². The van der Waals surface area contributed by atoms with Crippen molar-refractivity contribution in [2.24, 2.45) is 7.05 Å².